The lowest BCUT2D eigenvalue weighted by Crippen LogP contribution is -2.36. The van der Waals surface area contributed by atoms with Crippen LogP contribution in [0.3, 0.4) is 0 Å². The van der Waals surface area contributed by atoms with Gasteiger partial charge in [-0.1, -0.05) is 0 Å². The number of benzene rings is 1. The zero-order valence-electron chi connectivity index (χ0n) is 9.03. The van der Waals surface area contributed by atoms with Gasteiger partial charge in [-0.2, -0.15) is 0 Å². The van der Waals surface area contributed by atoms with Crippen LogP contribution in [-0.2, 0) is 0 Å². The quantitative estimate of drug-likeness (QED) is 0.638. The molecule has 0 saturated carbocycles. The molecule has 0 aliphatic rings. The number of carbonyl (C=O) groups excluding carboxylic acids is 1. The first kappa shape index (κ1) is 13.0. The molecule has 0 aromatic heterocycles. The summed E-state index contributed by atoms with van der Waals surface area (Å²) in [4.78, 5) is 21.1. The lowest BCUT2D eigenvalue weighted by Gasteiger charge is -2.11. The van der Waals surface area contributed by atoms with Crippen LogP contribution < -0.4 is 5.43 Å². The van der Waals surface area contributed by atoms with Gasteiger partial charge < -0.3 is 0 Å². The number of nitro groups is 1. The molecule has 0 unspecified atom stereocenters. The Balaban J connectivity index is 3.26. The molecule has 1 aromatic rings. The molecule has 6 nitrogen and oxygen atoms in total. The molecular formula is C9H9F2N3O3. The molecule has 0 bridgehead atoms. The molecule has 0 atom stereocenters. The van der Waals surface area contributed by atoms with E-state index in [9.17, 15) is 23.7 Å². The summed E-state index contributed by atoms with van der Waals surface area (Å²) < 4.78 is 25.8. The van der Waals surface area contributed by atoms with Crippen molar-refractivity contribution in [1.82, 2.24) is 10.4 Å². The minimum absolute atomic E-state index is 0.375. The van der Waals surface area contributed by atoms with E-state index < -0.39 is 33.7 Å². The van der Waals surface area contributed by atoms with Crippen molar-refractivity contribution in [2.75, 3.05) is 14.1 Å². The fourth-order valence-corrected chi connectivity index (χ4v) is 1.13. The average molecular weight is 245 g/mol. The van der Waals surface area contributed by atoms with Crippen LogP contribution in [0.25, 0.3) is 0 Å². The van der Waals surface area contributed by atoms with Crippen LogP contribution in [0.4, 0.5) is 14.5 Å². The van der Waals surface area contributed by atoms with Crippen LogP contribution in [0.5, 0.6) is 0 Å². The Labute approximate surface area is 95.0 Å². The molecule has 8 heteroatoms. The Bertz CT molecular complexity index is 477. The van der Waals surface area contributed by atoms with Gasteiger partial charge in [-0.15, -0.1) is 0 Å². The van der Waals surface area contributed by atoms with Crippen molar-refractivity contribution in [3.63, 3.8) is 0 Å². The summed E-state index contributed by atoms with van der Waals surface area (Å²) in [5.41, 5.74) is 0.874. The third-order valence-corrected chi connectivity index (χ3v) is 1.81. The van der Waals surface area contributed by atoms with Gasteiger partial charge in [0.15, 0.2) is 11.6 Å². The monoisotopic (exact) mass is 245 g/mol. The first-order valence-electron chi connectivity index (χ1n) is 4.44. The number of hydrogen-bond acceptors (Lipinski definition) is 4. The molecule has 17 heavy (non-hydrogen) atoms. The number of rotatable bonds is 3. The number of nitrogens with one attached hydrogen (secondary N) is 1. The molecule has 1 N–H and O–H groups in total. The van der Waals surface area contributed by atoms with E-state index in [1.165, 1.54) is 19.1 Å². The standard InChI is InChI=1S/C9H9F2N3O3/c1-13(2)12-9(15)5-3-6(10)7(11)4-8(5)14(16)17/h3-4H,1-2H3,(H,12,15). The Kier molecular flexibility index (Phi) is 3.69. The number of halogens is 2. The van der Waals surface area contributed by atoms with Crippen molar-refractivity contribution in [2.24, 2.45) is 0 Å². The van der Waals surface area contributed by atoms with E-state index in [2.05, 4.69) is 5.43 Å². The zero-order chi connectivity index (χ0) is 13.2. The highest BCUT2D eigenvalue weighted by Crippen LogP contribution is 2.22. The SMILES string of the molecule is CN(C)NC(=O)c1cc(F)c(F)cc1[N+](=O)[O-]. The van der Waals surface area contributed by atoms with Gasteiger partial charge in [-0.3, -0.25) is 20.3 Å². The highest BCUT2D eigenvalue weighted by molar-refractivity contribution is 5.97. The number of amides is 1. The van der Waals surface area contributed by atoms with Crippen molar-refractivity contribution in [1.29, 1.82) is 0 Å². The van der Waals surface area contributed by atoms with Gasteiger partial charge >= 0.3 is 0 Å². The predicted molar refractivity (Wildman–Crippen MR) is 54.2 cm³/mol. The zero-order valence-corrected chi connectivity index (χ0v) is 9.03. The van der Waals surface area contributed by atoms with Crippen molar-refractivity contribution < 1.29 is 18.5 Å². The Hall–Kier alpha value is -2.09. The van der Waals surface area contributed by atoms with Crippen LogP contribution in [-0.4, -0.2) is 29.9 Å². The van der Waals surface area contributed by atoms with Gasteiger partial charge in [0.05, 0.1) is 11.0 Å². The minimum Gasteiger partial charge on any atom is -0.285 e. The largest absolute Gasteiger partial charge is 0.285 e. The van der Waals surface area contributed by atoms with Crippen molar-refractivity contribution in [3.8, 4) is 0 Å². The van der Waals surface area contributed by atoms with E-state index in [0.717, 1.165) is 0 Å². The summed E-state index contributed by atoms with van der Waals surface area (Å²) in [6.07, 6.45) is 0. The summed E-state index contributed by atoms with van der Waals surface area (Å²) in [5.74, 6) is -3.58. The normalized spacial score (nSPS) is 10.4. The Morgan fingerprint density at radius 1 is 1.35 bits per heavy atom. The molecule has 1 amide bonds. The number of hydrazine groups is 1. The Morgan fingerprint density at radius 2 is 1.88 bits per heavy atom. The van der Waals surface area contributed by atoms with Gasteiger partial charge in [0.2, 0.25) is 0 Å². The second-order valence-corrected chi connectivity index (χ2v) is 3.38. The molecule has 0 aliphatic carbocycles. The first-order chi connectivity index (χ1) is 7.82. The van der Waals surface area contributed by atoms with Gasteiger partial charge in [0.1, 0.15) is 5.56 Å². The van der Waals surface area contributed by atoms with E-state index in [1.807, 2.05) is 0 Å². The summed E-state index contributed by atoms with van der Waals surface area (Å²) in [6, 6.07) is 0.867. The summed E-state index contributed by atoms with van der Waals surface area (Å²) in [5, 5.41) is 11.8. The minimum atomic E-state index is -1.38. The number of nitro benzene ring substituents is 1. The molecule has 0 spiro atoms. The smallest absolute Gasteiger partial charge is 0.285 e. The van der Waals surface area contributed by atoms with Crippen LogP contribution in [0.1, 0.15) is 10.4 Å². The lowest BCUT2D eigenvalue weighted by atomic mass is 10.1. The fraction of sp³-hybridized carbons (Fsp3) is 0.222. The number of nitrogens with zero attached hydrogens (tertiary/aromatic N) is 2. The van der Waals surface area contributed by atoms with Gasteiger partial charge in [0.25, 0.3) is 11.6 Å². The lowest BCUT2D eigenvalue weighted by molar-refractivity contribution is -0.385. The molecule has 1 rings (SSSR count). The maximum Gasteiger partial charge on any atom is 0.285 e. The van der Waals surface area contributed by atoms with Gasteiger partial charge in [-0.25, -0.2) is 13.8 Å². The molecule has 0 saturated heterocycles. The van der Waals surface area contributed by atoms with Crippen molar-refractivity contribution in [2.45, 2.75) is 0 Å². The Morgan fingerprint density at radius 3 is 2.35 bits per heavy atom. The maximum absolute atomic E-state index is 12.9. The molecule has 0 aliphatic heterocycles. The molecule has 0 radical (unpaired) electrons. The average Bonchev–Trinajstić information content (AvgIpc) is 2.19. The second-order valence-electron chi connectivity index (χ2n) is 3.38. The van der Waals surface area contributed by atoms with E-state index >= 15 is 0 Å². The van der Waals surface area contributed by atoms with Gasteiger partial charge in [-0.05, 0) is 6.07 Å². The molecule has 1 aromatic carbocycles. The van der Waals surface area contributed by atoms with E-state index in [1.54, 1.807) is 0 Å². The fourth-order valence-electron chi connectivity index (χ4n) is 1.13. The van der Waals surface area contributed by atoms with Crippen LogP contribution in [0.15, 0.2) is 12.1 Å². The third-order valence-electron chi connectivity index (χ3n) is 1.81. The van der Waals surface area contributed by atoms with E-state index in [-0.39, 0.29) is 0 Å². The molecule has 92 valence electrons. The second kappa shape index (κ2) is 4.83. The van der Waals surface area contributed by atoms with Gasteiger partial charge in [0, 0.05) is 14.1 Å². The number of hydrogen-bond donors (Lipinski definition) is 1. The third kappa shape index (κ3) is 2.94. The van der Waals surface area contributed by atoms with E-state index in [4.69, 9.17) is 0 Å². The summed E-state index contributed by atoms with van der Waals surface area (Å²) in [6.45, 7) is 0. The van der Waals surface area contributed by atoms with Crippen LogP contribution >= 0.6 is 0 Å². The van der Waals surface area contributed by atoms with Crippen LogP contribution in [0, 0.1) is 21.7 Å². The molecular weight excluding hydrogens is 236 g/mol. The predicted octanol–water partition coefficient (Wildman–Crippen LogP) is 1.08. The summed E-state index contributed by atoms with van der Waals surface area (Å²) in [7, 11) is 2.95. The molecule has 0 heterocycles. The summed E-state index contributed by atoms with van der Waals surface area (Å²) >= 11 is 0. The van der Waals surface area contributed by atoms with E-state index in [0.29, 0.717) is 12.1 Å². The van der Waals surface area contributed by atoms with Crippen molar-refractivity contribution >= 4 is 11.6 Å². The molecule has 0 fully saturated rings. The first-order valence-corrected chi connectivity index (χ1v) is 4.44. The topological polar surface area (TPSA) is 75.5 Å². The number of carbonyl (C=O) groups is 1. The highest BCUT2D eigenvalue weighted by atomic mass is 19.2. The van der Waals surface area contributed by atoms with Crippen molar-refractivity contribution in [3.05, 3.63) is 39.4 Å². The highest BCUT2D eigenvalue weighted by Gasteiger charge is 2.24. The maximum atomic E-state index is 12.9. The van der Waals surface area contributed by atoms with Crippen LogP contribution in [0.2, 0.25) is 0 Å².